The van der Waals surface area contributed by atoms with Crippen LogP contribution in [0.15, 0.2) is 41.8 Å². The van der Waals surface area contributed by atoms with E-state index in [4.69, 9.17) is 0 Å². The van der Waals surface area contributed by atoms with Gasteiger partial charge in [0.25, 0.3) is 0 Å². The van der Waals surface area contributed by atoms with Crippen molar-refractivity contribution in [1.29, 1.82) is 0 Å². The number of esters is 2. The molecule has 1 atom stereocenters. The van der Waals surface area contributed by atoms with Crippen molar-refractivity contribution in [2.24, 2.45) is 0 Å². The van der Waals surface area contributed by atoms with E-state index in [0.717, 1.165) is 19.8 Å². The lowest BCUT2D eigenvalue weighted by molar-refractivity contribution is -0.149. The number of ketones is 1. The van der Waals surface area contributed by atoms with E-state index in [1.54, 1.807) is 24.3 Å². The molecule has 1 unspecified atom stereocenters. The summed E-state index contributed by atoms with van der Waals surface area (Å²) in [6, 6.07) is 7.50. The standard InChI is InChI=1S/C15H15NO6/c1-21-14(19)10-12(17)13(18)11(15(20)22-2)16(10)8-9-6-4-3-5-7-9/h3-7,10,18H,8H2,1-2H3. The number of hydrogen-bond acceptors (Lipinski definition) is 7. The minimum atomic E-state index is -1.40. The fourth-order valence-electron chi connectivity index (χ4n) is 2.26. The van der Waals surface area contributed by atoms with Gasteiger partial charge in [-0.2, -0.15) is 0 Å². The molecule has 2 rings (SSSR count). The first kappa shape index (κ1) is 15.6. The Bertz CT molecular complexity index is 637. The van der Waals surface area contributed by atoms with Crippen molar-refractivity contribution in [1.82, 2.24) is 4.90 Å². The first-order chi connectivity index (χ1) is 10.5. The van der Waals surface area contributed by atoms with Crippen LogP contribution < -0.4 is 0 Å². The third kappa shape index (κ3) is 2.65. The highest BCUT2D eigenvalue weighted by molar-refractivity contribution is 6.16. The fourth-order valence-corrected chi connectivity index (χ4v) is 2.26. The van der Waals surface area contributed by atoms with E-state index < -0.39 is 29.5 Å². The summed E-state index contributed by atoms with van der Waals surface area (Å²) in [6.07, 6.45) is 0. The van der Waals surface area contributed by atoms with Gasteiger partial charge >= 0.3 is 11.9 Å². The van der Waals surface area contributed by atoms with Gasteiger partial charge in [-0.05, 0) is 5.56 Å². The Kier molecular flexibility index (Phi) is 4.45. The number of carbonyl (C=O) groups excluding carboxylic acids is 3. The lowest BCUT2D eigenvalue weighted by atomic mass is 10.1. The summed E-state index contributed by atoms with van der Waals surface area (Å²) in [7, 11) is 2.25. The second-order valence-electron chi connectivity index (χ2n) is 4.59. The molecule has 1 aromatic carbocycles. The molecule has 0 saturated heterocycles. The summed E-state index contributed by atoms with van der Waals surface area (Å²) >= 11 is 0. The van der Waals surface area contributed by atoms with Crippen LogP contribution in [0.25, 0.3) is 0 Å². The number of methoxy groups -OCH3 is 2. The number of aliphatic hydroxyl groups excluding tert-OH is 1. The number of aliphatic hydroxyl groups is 1. The normalized spacial score (nSPS) is 17.6. The maximum absolute atomic E-state index is 12.1. The molecule has 0 spiro atoms. The molecule has 1 aliphatic rings. The molecule has 7 nitrogen and oxygen atoms in total. The molecule has 0 aliphatic carbocycles. The minimum absolute atomic E-state index is 0.0703. The molecule has 1 aromatic rings. The number of ether oxygens (including phenoxy) is 2. The maximum atomic E-state index is 12.1. The molecule has 7 heteroatoms. The zero-order valence-corrected chi connectivity index (χ0v) is 12.1. The van der Waals surface area contributed by atoms with Crippen LogP contribution in [-0.2, 0) is 30.4 Å². The first-order valence-corrected chi connectivity index (χ1v) is 6.45. The predicted molar refractivity (Wildman–Crippen MR) is 74.5 cm³/mol. The van der Waals surface area contributed by atoms with Gasteiger partial charge in [0.1, 0.15) is 0 Å². The largest absolute Gasteiger partial charge is 0.503 e. The number of rotatable bonds is 4. The van der Waals surface area contributed by atoms with Gasteiger partial charge in [-0.3, -0.25) is 4.79 Å². The number of nitrogens with zero attached hydrogens (tertiary/aromatic N) is 1. The van der Waals surface area contributed by atoms with Gasteiger partial charge in [0.05, 0.1) is 14.2 Å². The number of hydrogen-bond donors (Lipinski definition) is 1. The van der Waals surface area contributed by atoms with E-state index >= 15 is 0 Å². The molecule has 1 N–H and O–H groups in total. The minimum Gasteiger partial charge on any atom is -0.503 e. The third-order valence-electron chi connectivity index (χ3n) is 3.30. The zero-order chi connectivity index (χ0) is 16.3. The van der Waals surface area contributed by atoms with E-state index in [9.17, 15) is 19.5 Å². The van der Waals surface area contributed by atoms with E-state index in [2.05, 4.69) is 9.47 Å². The molecule has 1 aliphatic heterocycles. The van der Waals surface area contributed by atoms with Crippen LogP contribution in [0.3, 0.4) is 0 Å². The number of carbonyl (C=O) groups is 3. The Labute approximate surface area is 126 Å². The van der Waals surface area contributed by atoms with Gasteiger partial charge in [0.15, 0.2) is 17.5 Å². The van der Waals surface area contributed by atoms with Crippen molar-refractivity contribution in [3.8, 4) is 0 Å². The van der Waals surface area contributed by atoms with Crippen molar-refractivity contribution in [3.63, 3.8) is 0 Å². The van der Waals surface area contributed by atoms with E-state index in [1.807, 2.05) is 6.07 Å². The van der Waals surface area contributed by atoms with Crippen molar-refractivity contribution in [2.45, 2.75) is 12.6 Å². The molecular formula is C15H15NO6. The highest BCUT2D eigenvalue weighted by Crippen LogP contribution is 2.28. The number of benzene rings is 1. The molecule has 22 heavy (non-hydrogen) atoms. The maximum Gasteiger partial charge on any atom is 0.358 e. The molecule has 1 heterocycles. The Morgan fingerprint density at radius 2 is 1.82 bits per heavy atom. The molecule has 116 valence electrons. The number of Topliss-reactive ketones (excluding diaryl/α,β-unsaturated/α-hetero) is 1. The Balaban J connectivity index is 2.43. The zero-order valence-electron chi connectivity index (χ0n) is 12.1. The molecule has 0 fully saturated rings. The monoisotopic (exact) mass is 305 g/mol. The average Bonchev–Trinajstić information content (AvgIpc) is 2.78. The van der Waals surface area contributed by atoms with Crippen LogP contribution >= 0.6 is 0 Å². The highest BCUT2D eigenvalue weighted by Gasteiger charge is 2.48. The van der Waals surface area contributed by atoms with Crippen LogP contribution in [0, 0.1) is 0 Å². The molecule has 0 saturated carbocycles. The van der Waals surface area contributed by atoms with Crippen molar-refractivity contribution in [3.05, 3.63) is 47.4 Å². The Morgan fingerprint density at radius 3 is 2.36 bits per heavy atom. The van der Waals surface area contributed by atoms with Crippen LogP contribution in [0.5, 0.6) is 0 Å². The van der Waals surface area contributed by atoms with Crippen molar-refractivity contribution in [2.75, 3.05) is 14.2 Å². The van der Waals surface area contributed by atoms with Gasteiger partial charge in [0.2, 0.25) is 5.78 Å². The van der Waals surface area contributed by atoms with Gasteiger partial charge in [-0.25, -0.2) is 9.59 Å². The lowest BCUT2D eigenvalue weighted by Crippen LogP contribution is -2.42. The van der Waals surface area contributed by atoms with Crippen LogP contribution in [-0.4, -0.2) is 48.0 Å². The van der Waals surface area contributed by atoms with Crippen LogP contribution in [0.1, 0.15) is 5.56 Å². The topological polar surface area (TPSA) is 93.1 Å². The van der Waals surface area contributed by atoms with Crippen LogP contribution in [0.4, 0.5) is 0 Å². The van der Waals surface area contributed by atoms with Crippen molar-refractivity contribution < 1.29 is 29.0 Å². The SMILES string of the molecule is COC(=O)C1=C(O)C(=O)C(C(=O)OC)N1Cc1ccccc1. The van der Waals surface area contributed by atoms with Gasteiger partial charge in [0, 0.05) is 6.54 Å². The molecule has 0 amide bonds. The highest BCUT2D eigenvalue weighted by atomic mass is 16.5. The van der Waals surface area contributed by atoms with Gasteiger partial charge in [-0.1, -0.05) is 30.3 Å². The van der Waals surface area contributed by atoms with Crippen LogP contribution in [0.2, 0.25) is 0 Å². The van der Waals surface area contributed by atoms with E-state index in [1.165, 1.54) is 4.90 Å². The molecular weight excluding hydrogens is 290 g/mol. The van der Waals surface area contributed by atoms with Crippen molar-refractivity contribution >= 4 is 17.7 Å². The summed E-state index contributed by atoms with van der Waals surface area (Å²) in [6.45, 7) is 0.0703. The summed E-state index contributed by atoms with van der Waals surface area (Å²) in [5, 5.41) is 9.90. The average molecular weight is 305 g/mol. The second kappa shape index (κ2) is 6.30. The second-order valence-corrected chi connectivity index (χ2v) is 4.59. The first-order valence-electron chi connectivity index (χ1n) is 6.45. The van der Waals surface area contributed by atoms with E-state index in [0.29, 0.717) is 0 Å². The van der Waals surface area contributed by atoms with Gasteiger partial charge < -0.3 is 19.5 Å². The molecule has 0 bridgehead atoms. The third-order valence-corrected chi connectivity index (χ3v) is 3.30. The fraction of sp³-hybridized carbons (Fsp3) is 0.267. The summed E-state index contributed by atoms with van der Waals surface area (Å²) in [5.74, 6) is -3.43. The Hall–Kier alpha value is -2.83. The predicted octanol–water partition coefficient (Wildman–Crippen LogP) is 0.555. The van der Waals surface area contributed by atoms with Gasteiger partial charge in [-0.15, -0.1) is 0 Å². The molecule has 0 radical (unpaired) electrons. The lowest BCUT2D eigenvalue weighted by Gasteiger charge is -2.25. The summed E-state index contributed by atoms with van der Waals surface area (Å²) in [4.78, 5) is 37.0. The molecule has 0 aromatic heterocycles. The summed E-state index contributed by atoms with van der Waals surface area (Å²) in [5.41, 5.74) is 0.409. The van der Waals surface area contributed by atoms with E-state index in [-0.39, 0.29) is 12.2 Å². The smallest absolute Gasteiger partial charge is 0.358 e. The summed E-state index contributed by atoms with van der Waals surface area (Å²) < 4.78 is 9.17. The Morgan fingerprint density at radius 1 is 1.18 bits per heavy atom. The quantitative estimate of drug-likeness (QED) is 0.641.